The number of pyridine rings is 1. The smallest absolute Gasteiger partial charge is 0.307 e. The second-order valence-electron chi connectivity index (χ2n) is 10.7. The molecule has 1 heterocycles. The van der Waals surface area contributed by atoms with Crippen molar-refractivity contribution in [2.75, 3.05) is 6.61 Å². The Bertz CT molecular complexity index is 1420. The fraction of sp³-hybridized carbons (Fsp3) is 0.379. The molecule has 1 saturated carbocycles. The lowest BCUT2D eigenvalue weighted by Crippen LogP contribution is -2.21. The molecule has 0 saturated heterocycles. The van der Waals surface area contributed by atoms with Crippen LogP contribution in [0.2, 0.25) is 0 Å². The van der Waals surface area contributed by atoms with Gasteiger partial charge in [0.15, 0.2) is 11.6 Å². The van der Waals surface area contributed by atoms with Gasteiger partial charge < -0.3 is 19.7 Å². The molecule has 0 unspecified atom stereocenters. The molecule has 0 spiro atoms. The predicted molar refractivity (Wildman–Crippen MR) is 133 cm³/mol. The molecule has 39 heavy (non-hydrogen) atoms. The van der Waals surface area contributed by atoms with Gasteiger partial charge in [0.1, 0.15) is 12.4 Å². The number of hydrogen-bond donors (Lipinski definition) is 2. The van der Waals surface area contributed by atoms with Crippen molar-refractivity contribution in [1.82, 2.24) is 4.98 Å². The van der Waals surface area contributed by atoms with Crippen LogP contribution >= 0.6 is 0 Å². The van der Waals surface area contributed by atoms with Crippen molar-refractivity contribution in [1.29, 1.82) is 0 Å². The Kier molecular flexibility index (Phi) is 7.00. The Morgan fingerprint density at radius 2 is 1.90 bits per heavy atom. The Balaban J connectivity index is 1.34. The summed E-state index contributed by atoms with van der Waals surface area (Å²) >= 11 is 0. The van der Waals surface area contributed by atoms with E-state index in [1.807, 2.05) is 0 Å². The van der Waals surface area contributed by atoms with Crippen molar-refractivity contribution >= 4 is 5.97 Å². The number of benzene rings is 2. The standard InChI is InChI=1S/C29H27F4NO5/c1-29(2,37)5-6-38-23-4-3-14(9-22(23)31)17-8-16(21(30)11-18(17)27(32)33)13-39-24-10-15-7-19-25(20(15)12-34-24)26(19)28(35)36/h3-4,8-12,19,25-27,37H,5-7,13H2,1-2H3,(H,35,36)/t19-,25-,26+/m1/s1. The molecule has 2 N–H and O–H groups in total. The van der Waals surface area contributed by atoms with Gasteiger partial charge in [-0.2, -0.15) is 0 Å². The number of ether oxygens (including phenoxy) is 2. The SMILES string of the molecule is CC(C)(O)CCOc1ccc(-c2cc(COc3cc4c(cn3)[C@H]3[C@@H](C4)[C@@H]3C(=O)O)c(F)cc2C(F)F)cc1F. The Morgan fingerprint density at radius 1 is 1.13 bits per heavy atom. The van der Waals surface area contributed by atoms with Gasteiger partial charge in [0.25, 0.3) is 6.43 Å². The molecule has 10 heteroatoms. The summed E-state index contributed by atoms with van der Waals surface area (Å²) in [5.74, 6) is -2.76. The minimum absolute atomic E-state index is 0.0172. The molecular weight excluding hydrogens is 518 g/mol. The number of carboxylic acid groups (broad SMARTS) is 1. The normalized spacial score (nSPS) is 19.5. The van der Waals surface area contributed by atoms with Crippen molar-refractivity contribution in [3.05, 3.63) is 76.5 Å². The Morgan fingerprint density at radius 3 is 2.56 bits per heavy atom. The van der Waals surface area contributed by atoms with Crippen molar-refractivity contribution in [3.8, 4) is 22.8 Å². The van der Waals surface area contributed by atoms with E-state index in [2.05, 4.69) is 4.98 Å². The number of aliphatic carboxylic acids is 1. The van der Waals surface area contributed by atoms with E-state index in [9.17, 15) is 32.6 Å². The van der Waals surface area contributed by atoms with Gasteiger partial charge in [0.2, 0.25) is 5.88 Å². The van der Waals surface area contributed by atoms with Crippen LogP contribution in [0.4, 0.5) is 17.6 Å². The van der Waals surface area contributed by atoms with Gasteiger partial charge in [0, 0.05) is 35.7 Å². The van der Waals surface area contributed by atoms with Crippen LogP contribution in [0.15, 0.2) is 42.6 Å². The highest BCUT2D eigenvalue weighted by atomic mass is 19.3. The number of halogens is 4. The number of alkyl halides is 2. The van der Waals surface area contributed by atoms with Crippen molar-refractivity contribution in [2.24, 2.45) is 11.8 Å². The highest BCUT2D eigenvalue weighted by Crippen LogP contribution is 2.61. The molecule has 3 aromatic rings. The summed E-state index contributed by atoms with van der Waals surface area (Å²) in [7, 11) is 0. The van der Waals surface area contributed by atoms with E-state index in [0.29, 0.717) is 6.42 Å². The summed E-state index contributed by atoms with van der Waals surface area (Å²) in [6.45, 7) is 2.94. The maximum absolute atomic E-state index is 14.8. The van der Waals surface area contributed by atoms with Crippen LogP contribution in [0.25, 0.3) is 11.1 Å². The first kappa shape index (κ1) is 26.9. The van der Waals surface area contributed by atoms with E-state index >= 15 is 0 Å². The first-order valence-corrected chi connectivity index (χ1v) is 12.5. The van der Waals surface area contributed by atoms with Crippen LogP contribution < -0.4 is 9.47 Å². The van der Waals surface area contributed by atoms with E-state index in [1.165, 1.54) is 18.2 Å². The van der Waals surface area contributed by atoms with E-state index < -0.39 is 35.2 Å². The zero-order chi connectivity index (χ0) is 28.1. The van der Waals surface area contributed by atoms with E-state index in [0.717, 1.165) is 23.3 Å². The second-order valence-corrected chi connectivity index (χ2v) is 10.7. The molecule has 0 bridgehead atoms. The topological polar surface area (TPSA) is 88.9 Å². The molecule has 5 rings (SSSR count). The van der Waals surface area contributed by atoms with Crippen molar-refractivity contribution in [2.45, 2.75) is 51.2 Å². The molecule has 2 aliphatic rings. The van der Waals surface area contributed by atoms with E-state index in [4.69, 9.17) is 9.47 Å². The van der Waals surface area contributed by atoms with Gasteiger partial charge in [-0.15, -0.1) is 0 Å². The number of aromatic nitrogens is 1. The molecule has 1 fully saturated rings. The summed E-state index contributed by atoms with van der Waals surface area (Å²) in [5, 5.41) is 19.0. The Labute approximate surface area is 222 Å². The number of aliphatic hydroxyl groups is 1. The van der Waals surface area contributed by atoms with Crippen LogP contribution in [0, 0.1) is 23.5 Å². The fourth-order valence-corrected chi connectivity index (χ4v) is 5.21. The summed E-state index contributed by atoms with van der Waals surface area (Å²) in [4.78, 5) is 15.5. The lowest BCUT2D eigenvalue weighted by atomic mass is 9.96. The molecular formula is C29H27F4NO5. The minimum atomic E-state index is -3.00. The number of carbonyl (C=O) groups is 1. The van der Waals surface area contributed by atoms with Gasteiger partial charge in [-0.25, -0.2) is 22.5 Å². The third-order valence-corrected chi connectivity index (χ3v) is 7.31. The molecule has 0 radical (unpaired) electrons. The molecule has 0 amide bonds. The van der Waals surface area contributed by atoms with Gasteiger partial charge in [-0.05, 0) is 72.7 Å². The van der Waals surface area contributed by atoms with E-state index in [1.54, 1.807) is 26.1 Å². The largest absolute Gasteiger partial charge is 0.490 e. The van der Waals surface area contributed by atoms with Crippen LogP contribution in [-0.2, 0) is 17.8 Å². The minimum Gasteiger partial charge on any atom is -0.490 e. The highest BCUT2D eigenvalue weighted by Gasteiger charge is 2.59. The first-order valence-electron chi connectivity index (χ1n) is 12.5. The zero-order valence-corrected chi connectivity index (χ0v) is 21.3. The molecule has 1 aromatic heterocycles. The van der Waals surface area contributed by atoms with Crippen LogP contribution in [0.5, 0.6) is 11.6 Å². The summed E-state index contributed by atoms with van der Waals surface area (Å²) in [6.07, 6.45) is -0.572. The molecule has 2 aliphatic carbocycles. The maximum Gasteiger partial charge on any atom is 0.307 e. The van der Waals surface area contributed by atoms with Gasteiger partial charge >= 0.3 is 5.97 Å². The fourth-order valence-electron chi connectivity index (χ4n) is 5.21. The van der Waals surface area contributed by atoms with Crippen LogP contribution in [-0.4, -0.2) is 33.4 Å². The maximum atomic E-state index is 14.8. The highest BCUT2D eigenvalue weighted by molar-refractivity contribution is 5.77. The predicted octanol–water partition coefficient (Wildman–Crippen LogP) is 6.05. The van der Waals surface area contributed by atoms with Crippen molar-refractivity contribution in [3.63, 3.8) is 0 Å². The van der Waals surface area contributed by atoms with Crippen LogP contribution in [0.1, 0.15) is 54.9 Å². The van der Waals surface area contributed by atoms with Crippen molar-refractivity contribution < 1.29 is 42.0 Å². The lowest BCUT2D eigenvalue weighted by Gasteiger charge is -2.18. The van der Waals surface area contributed by atoms with Crippen LogP contribution in [0.3, 0.4) is 0 Å². The number of fused-ring (bicyclic) bond motifs is 3. The van der Waals surface area contributed by atoms with Gasteiger partial charge in [-0.1, -0.05) is 6.07 Å². The second kappa shape index (κ2) is 10.1. The number of nitrogens with zero attached hydrogens (tertiary/aromatic N) is 1. The number of carboxylic acids is 1. The average molecular weight is 546 g/mol. The Hall–Kier alpha value is -3.66. The lowest BCUT2D eigenvalue weighted by molar-refractivity contribution is -0.139. The molecule has 206 valence electrons. The average Bonchev–Trinajstić information content (AvgIpc) is 3.45. The first-order chi connectivity index (χ1) is 18.4. The summed E-state index contributed by atoms with van der Waals surface area (Å²) < 4.78 is 68.1. The number of rotatable bonds is 10. The zero-order valence-electron chi connectivity index (χ0n) is 21.3. The molecule has 3 atom stereocenters. The third-order valence-electron chi connectivity index (χ3n) is 7.31. The number of hydrogen-bond acceptors (Lipinski definition) is 5. The molecule has 0 aliphatic heterocycles. The van der Waals surface area contributed by atoms with Gasteiger partial charge in [0.05, 0.1) is 18.1 Å². The summed E-state index contributed by atoms with van der Waals surface area (Å²) in [6, 6.07) is 7.38. The molecule has 6 nitrogen and oxygen atoms in total. The van der Waals surface area contributed by atoms with Gasteiger partial charge in [-0.3, -0.25) is 4.79 Å². The van der Waals surface area contributed by atoms with E-state index in [-0.39, 0.29) is 65.7 Å². The third kappa shape index (κ3) is 5.56. The summed E-state index contributed by atoms with van der Waals surface area (Å²) in [5.41, 5.74) is 0.279. The monoisotopic (exact) mass is 545 g/mol. The quantitative estimate of drug-likeness (QED) is 0.302. The molecule has 2 aromatic carbocycles.